The number of benzene rings is 2. The highest BCUT2D eigenvalue weighted by atomic mass is 35.5. The summed E-state index contributed by atoms with van der Waals surface area (Å²) in [5.41, 5.74) is 2.02. The fourth-order valence-corrected chi connectivity index (χ4v) is 3.81. The van der Waals surface area contributed by atoms with Gasteiger partial charge in [0, 0.05) is 41.9 Å². The van der Waals surface area contributed by atoms with Crippen LogP contribution < -0.4 is 10.2 Å². The molecule has 0 unspecified atom stereocenters. The normalized spacial score (nSPS) is 18.5. The smallest absolute Gasteiger partial charge is 0.318 e. The summed E-state index contributed by atoms with van der Waals surface area (Å²) in [6.07, 6.45) is 1.95. The number of carbonyl (C=O) groups is 1. The van der Waals surface area contributed by atoms with Gasteiger partial charge in [0.2, 0.25) is 0 Å². The van der Waals surface area contributed by atoms with E-state index in [2.05, 4.69) is 16.3 Å². The molecule has 6 heteroatoms. The lowest BCUT2D eigenvalue weighted by atomic mass is 10.1. The highest BCUT2D eigenvalue weighted by Crippen LogP contribution is 2.45. The molecule has 2 aromatic carbocycles. The van der Waals surface area contributed by atoms with E-state index in [4.69, 9.17) is 23.2 Å². The van der Waals surface area contributed by atoms with E-state index in [0.29, 0.717) is 18.1 Å². The van der Waals surface area contributed by atoms with Crippen LogP contribution >= 0.6 is 23.2 Å². The third-order valence-corrected chi connectivity index (χ3v) is 5.72. The number of nitrogens with one attached hydrogen (secondary N) is 1. The summed E-state index contributed by atoms with van der Waals surface area (Å²) in [5, 5.41) is 4.69. The molecule has 136 valence electrons. The van der Waals surface area contributed by atoms with Crippen LogP contribution in [0.15, 0.2) is 48.5 Å². The van der Waals surface area contributed by atoms with Gasteiger partial charge in [0.25, 0.3) is 0 Å². The molecule has 0 spiro atoms. The second-order valence-electron chi connectivity index (χ2n) is 6.97. The van der Waals surface area contributed by atoms with E-state index in [-0.39, 0.29) is 11.6 Å². The Bertz CT molecular complexity index is 797. The third-order valence-electron chi connectivity index (χ3n) is 5.23. The van der Waals surface area contributed by atoms with Crippen molar-refractivity contribution in [3.05, 3.63) is 64.1 Å². The lowest BCUT2D eigenvalue weighted by molar-refractivity contribution is 0.189. The molecule has 0 aromatic heterocycles. The van der Waals surface area contributed by atoms with Gasteiger partial charge < -0.3 is 15.1 Å². The molecule has 1 aliphatic heterocycles. The third kappa shape index (κ3) is 3.62. The predicted molar refractivity (Wildman–Crippen MR) is 106 cm³/mol. The van der Waals surface area contributed by atoms with Gasteiger partial charge in [-0.3, -0.25) is 0 Å². The maximum Gasteiger partial charge on any atom is 0.318 e. The summed E-state index contributed by atoms with van der Waals surface area (Å²) in [5.74, 6) is 0. The predicted octanol–water partition coefficient (Wildman–Crippen LogP) is 4.51. The summed E-state index contributed by atoms with van der Waals surface area (Å²) in [6, 6.07) is 15.7. The van der Waals surface area contributed by atoms with Crippen LogP contribution in [0.5, 0.6) is 0 Å². The highest BCUT2D eigenvalue weighted by molar-refractivity contribution is 6.31. The van der Waals surface area contributed by atoms with Crippen molar-refractivity contribution in [2.75, 3.05) is 31.1 Å². The van der Waals surface area contributed by atoms with Gasteiger partial charge in [-0.2, -0.15) is 0 Å². The number of hydrogen-bond acceptors (Lipinski definition) is 2. The number of carbonyl (C=O) groups excluding carboxylic acids is 1. The van der Waals surface area contributed by atoms with Crippen LogP contribution in [-0.4, -0.2) is 37.1 Å². The maximum absolute atomic E-state index is 12.7. The number of anilines is 1. The van der Waals surface area contributed by atoms with Crippen molar-refractivity contribution in [2.24, 2.45) is 0 Å². The van der Waals surface area contributed by atoms with Crippen molar-refractivity contribution < 1.29 is 4.79 Å². The fraction of sp³-hybridized carbons (Fsp3) is 0.350. The summed E-state index contributed by atoms with van der Waals surface area (Å²) >= 11 is 12.1. The van der Waals surface area contributed by atoms with E-state index < -0.39 is 0 Å². The number of amides is 2. The second kappa shape index (κ2) is 7.01. The number of nitrogens with zero attached hydrogens (tertiary/aromatic N) is 2. The average molecular weight is 390 g/mol. The van der Waals surface area contributed by atoms with Crippen molar-refractivity contribution in [3.8, 4) is 0 Å². The first kappa shape index (κ1) is 17.5. The molecule has 4 nitrogen and oxygen atoms in total. The molecule has 1 N–H and O–H groups in total. The highest BCUT2D eigenvalue weighted by Gasteiger charge is 2.46. The molecule has 0 radical (unpaired) electrons. The van der Waals surface area contributed by atoms with Gasteiger partial charge in [-0.15, -0.1) is 0 Å². The second-order valence-corrected chi connectivity index (χ2v) is 7.85. The van der Waals surface area contributed by atoms with Gasteiger partial charge in [0.15, 0.2) is 0 Å². The fourth-order valence-electron chi connectivity index (χ4n) is 3.50. The van der Waals surface area contributed by atoms with Gasteiger partial charge in [-0.1, -0.05) is 41.4 Å². The Morgan fingerprint density at radius 2 is 1.62 bits per heavy atom. The lowest BCUT2D eigenvalue weighted by Gasteiger charge is -2.37. The Balaban J connectivity index is 1.36. The molecular weight excluding hydrogens is 369 g/mol. The standard InChI is InChI=1S/C20H21Cl2N3O/c21-16-6-4-15(5-7-16)20(8-9-20)23-19(26)25-12-10-24(11-13-25)18-3-1-2-17(22)14-18/h1-7,14H,8-13H2,(H,23,26). The van der Waals surface area contributed by atoms with Crippen LogP contribution in [0.2, 0.25) is 10.0 Å². The van der Waals surface area contributed by atoms with Crippen LogP contribution in [0.1, 0.15) is 18.4 Å². The van der Waals surface area contributed by atoms with Crippen LogP contribution in [-0.2, 0) is 5.54 Å². The minimum atomic E-state index is -0.217. The monoisotopic (exact) mass is 389 g/mol. The lowest BCUT2D eigenvalue weighted by Crippen LogP contribution is -2.53. The molecule has 0 atom stereocenters. The summed E-state index contributed by atoms with van der Waals surface area (Å²) in [4.78, 5) is 16.9. The quantitative estimate of drug-likeness (QED) is 0.837. The van der Waals surface area contributed by atoms with Gasteiger partial charge >= 0.3 is 6.03 Å². The van der Waals surface area contributed by atoms with Crippen molar-refractivity contribution in [2.45, 2.75) is 18.4 Å². The molecule has 2 fully saturated rings. The summed E-state index contributed by atoms with van der Waals surface area (Å²) in [6.45, 7) is 3.02. The van der Waals surface area contributed by atoms with E-state index in [1.165, 1.54) is 0 Å². The van der Waals surface area contributed by atoms with Crippen LogP contribution in [0.25, 0.3) is 0 Å². The van der Waals surface area contributed by atoms with E-state index in [1.54, 1.807) is 0 Å². The average Bonchev–Trinajstić information content (AvgIpc) is 3.43. The number of hydrogen-bond donors (Lipinski definition) is 1. The van der Waals surface area contributed by atoms with Gasteiger partial charge in [0.1, 0.15) is 0 Å². The van der Waals surface area contributed by atoms with Crippen LogP contribution in [0, 0.1) is 0 Å². The largest absolute Gasteiger partial charge is 0.368 e. The Hall–Kier alpha value is -1.91. The number of urea groups is 1. The van der Waals surface area contributed by atoms with Crippen molar-refractivity contribution in [1.82, 2.24) is 10.2 Å². The molecule has 2 amide bonds. The molecule has 26 heavy (non-hydrogen) atoms. The zero-order valence-electron chi connectivity index (χ0n) is 14.4. The van der Waals surface area contributed by atoms with Crippen LogP contribution in [0.3, 0.4) is 0 Å². The van der Waals surface area contributed by atoms with Crippen molar-refractivity contribution in [1.29, 1.82) is 0 Å². The first-order chi connectivity index (χ1) is 12.6. The summed E-state index contributed by atoms with van der Waals surface area (Å²) in [7, 11) is 0. The molecular formula is C20H21Cl2N3O. The Morgan fingerprint density at radius 1 is 0.923 bits per heavy atom. The number of halogens is 2. The van der Waals surface area contributed by atoms with Gasteiger partial charge in [-0.05, 0) is 48.7 Å². The molecule has 1 aliphatic carbocycles. The molecule has 2 aromatic rings. The zero-order valence-corrected chi connectivity index (χ0v) is 15.9. The van der Waals surface area contributed by atoms with E-state index in [9.17, 15) is 4.79 Å². The van der Waals surface area contributed by atoms with E-state index >= 15 is 0 Å². The Labute approximate surface area is 163 Å². The van der Waals surface area contributed by atoms with E-state index in [0.717, 1.165) is 42.2 Å². The summed E-state index contributed by atoms with van der Waals surface area (Å²) < 4.78 is 0. The molecule has 4 rings (SSSR count). The molecule has 2 aliphatic rings. The number of piperazine rings is 1. The zero-order chi connectivity index (χ0) is 18.1. The molecule has 0 bridgehead atoms. The topological polar surface area (TPSA) is 35.6 Å². The molecule has 1 saturated heterocycles. The van der Waals surface area contributed by atoms with E-state index in [1.807, 2.05) is 47.4 Å². The van der Waals surface area contributed by atoms with Gasteiger partial charge in [-0.25, -0.2) is 4.79 Å². The minimum Gasteiger partial charge on any atom is -0.368 e. The SMILES string of the molecule is O=C(NC1(c2ccc(Cl)cc2)CC1)N1CCN(c2cccc(Cl)c2)CC1. The maximum atomic E-state index is 12.7. The van der Waals surface area contributed by atoms with Crippen LogP contribution in [0.4, 0.5) is 10.5 Å². The van der Waals surface area contributed by atoms with Crippen molar-refractivity contribution >= 4 is 34.9 Å². The molecule has 1 heterocycles. The molecule has 1 saturated carbocycles. The minimum absolute atomic E-state index is 0.0168. The van der Waals surface area contributed by atoms with Gasteiger partial charge in [0.05, 0.1) is 5.54 Å². The Morgan fingerprint density at radius 3 is 2.23 bits per heavy atom. The number of rotatable bonds is 3. The van der Waals surface area contributed by atoms with Crippen molar-refractivity contribution in [3.63, 3.8) is 0 Å². The Kier molecular flexibility index (Phi) is 4.72. The first-order valence-corrected chi connectivity index (χ1v) is 9.65. The first-order valence-electron chi connectivity index (χ1n) is 8.89.